The minimum Gasteiger partial charge on any atom is -0.462 e. The van der Waals surface area contributed by atoms with Crippen LogP contribution in [0.2, 0.25) is 0 Å². The molecule has 0 rings (SSSR count). The molecule has 0 N–H and O–H groups in total. The zero-order valence-corrected chi connectivity index (χ0v) is 51.2. The van der Waals surface area contributed by atoms with E-state index >= 15 is 0 Å². The summed E-state index contributed by atoms with van der Waals surface area (Å²) in [6.07, 6.45) is 89.7. The maximum Gasteiger partial charge on any atom is 0.306 e. The Morgan fingerprint density at radius 2 is 0.526 bits per heavy atom. The average Bonchev–Trinajstić information content (AvgIpc) is 3.44. The van der Waals surface area contributed by atoms with Crippen LogP contribution in [0.4, 0.5) is 0 Å². The van der Waals surface area contributed by atoms with E-state index in [4.69, 9.17) is 14.2 Å². The molecular formula is C72H122O6. The standard InChI is InChI=1S/C72H122O6/c1-4-7-10-13-16-19-22-25-28-30-32-33-34-35-36-37-38-39-41-42-44-47-50-53-56-59-62-65-71(74)77-68-69(67-76-70(73)64-61-58-55-52-49-46-27-24-21-18-15-12-9-6-3)78-72(75)66-63-60-57-54-51-48-45-43-40-31-29-26-23-20-17-14-11-8-5-2/h8,11,17,20,22,24-27,29-30,32,40,43,48,51,57,60,69H,4-7,9-10,12-16,18-19,21,23,28,31,33-39,41-42,44-47,49-50,52-56,58-59,61-68H2,1-3H3/b11-8-,20-17-,25-22-,27-24-,29-26-,32-30-,43-40-,51-48-,60-57-. The van der Waals surface area contributed by atoms with Gasteiger partial charge in [-0.15, -0.1) is 0 Å². The Bertz CT molecular complexity index is 1570. The Balaban J connectivity index is 4.38. The van der Waals surface area contributed by atoms with Crippen molar-refractivity contribution in [3.63, 3.8) is 0 Å². The van der Waals surface area contributed by atoms with Crippen LogP contribution in [0.3, 0.4) is 0 Å². The number of esters is 3. The molecule has 0 spiro atoms. The second kappa shape index (κ2) is 65.6. The molecule has 0 aliphatic heterocycles. The molecule has 0 fully saturated rings. The third-order valence-corrected chi connectivity index (χ3v) is 14.0. The van der Waals surface area contributed by atoms with Gasteiger partial charge >= 0.3 is 17.9 Å². The van der Waals surface area contributed by atoms with Crippen molar-refractivity contribution in [3.8, 4) is 0 Å². The van der Waals surface area contributed by atoms with Gasteiger partial charge in [0.15, 0.2) is 6.10 Å². The highest BCUT2D eigenvalue weighted by atomic mass is 16.6. The SMILES string of the molecule is CC/C=C\C/C=C\C/C=C\C/C=C\C/C=C\C/C=C\CCC(=O)OC(COC(=O)CCCCCCC/C=C\CCCCCCC)COC(=O)CCCCCCCCCCCCCCCCC/C=C\C/C=C\CCCCCCC. The van der Waals surface area contributed by atoms with Crippen molar-refractivity contribution in [2.24, 2.45) is 0 Å². The van der Waals surface area contributed by atoms with Crippen molar-refractivity contribution in [1.29, 1.82) is 0 Å². The van der Waals surface area contributed by atoms with E-state index in [2.05, 4.69) is 124 Å². The number of allylic oxidation sites excluding steroid dienone is 18. The van der Waals surface area contributed by atoms with Crippen LogP contribution in [-0.2, 0) is 28.6 Å². The van der Waals surface area contributed by atoms with Crippen LogP contribution in [0.15, 0.2) is 109 Å². The molecule has 78 heavy (non-hydrogen) atoms. The molecule has 0 aromatic rings. The Morgan fingerprint density at radius 1 is 0.269 bits per heavy atom. The molecule has 0 aromatic carbocycles. The van der Waals surface area contributed by atoms with Gasteiger partial charge in [0.25, 0.3) is 0 Å². The first kappa shape index (κ1) is 74.1. The predicted octanol–water partition coefficient (Wildman–Crippen LogP) is 22.6. The monoisotopic (exact) mass is 1080 g/mol. The molecule has 0 saturated carbocycles. The number of unbranched alkanes of at least 4 members (excludes halogenated alkanes) is 30. The van der Waals surface area contributed by atoms with Gasteiger partial charge in [0, 0.05) is 19.3 Å². The summed E-state index contributed by atoms with van der Waals surface area (Å²) in [6.45, 7) is 6.46. The molecular weight excluding hydrogens is 961 g/mol. The van der Waals surface area contributed by atoms with Crippen molar-refractivity contribution < 1.29 is 28.6 Å². The molecule has 0 heterocycles. The first-order valence-electron chi connectivity index (χ1n) is 32.9. The van der Waals surface area contributed by atoms with Crippen molar-refractivity contribution in [2.75, 3.05) is 13.2 Å². The van der Waals surface area contributed by atoms with Crippen molar-refractivity contribution in [1.82, 2.24) is 0 Å². The van der Waals surface area contributed by atoms with Gasteiger partial charge in [-0.05, 0) is 116 Å². The normalized spacial score (nSPS) is 12.8. The van der Waals surface area contributed by atoms with Gasteiger partial charge in [-0.1, -0.05) is 284 Å². The lowest BCUT2D eigenvalue weighted by atomic mass is 10.0. The molecule has 0 aromatic heterocycles. The Kier molecular flexibility index (Phi) is 62.3. The lowest BCUT2D eigenvalue weighted by Gasteiger charge is -2.18. The van der Waals surface area contributed by atoms with Gasteiger partial charge in [0.05, 0.1) is 0 Å². The Labute approximate surface area is 482 Å². The van der Waals surface area contributed by atoms with E-state index in [1.54, 1.807) is 0 Å². The van der Waals surface area contributed by atoms with Gasteiger partial charge in [-0.25, -0.2) is 0 Å². The predicted molar refractivity (Wildman–Crippen MR) is 339 cm³/mol. The highest BCUT2D eigenvalue weighted by Gasteiger charge is 2.19. The van der Waals surface area contributed by atoms with Crippen LogP contribution < -0.4 is 0 Å². The summed E-state index contributed by atoms with van der Waals surface area (Å²) in [5.41, 5.74) is 0. The Morgan fingerprint density at radius 3 is 0.846 bits per heavy atom. The summed E-state index contributed by atoms with van der Waals surface area (Å²) < 4.78 is 16.8. The summed E-state index contributed by atoms with van der Waals surface area (Å²) >= 11 is 0. The largest absolute Gasteiger partial charge is 0.462 e. The fraction of sp³-hybridized carbons (Fsp3) is 0.708. The molecule has 1 atom stereocenters. The van der Waals surface area contributed by atoms with Crippen LogP contribution in [0, 0.1) is 0 Å². The van der Waals surface area contributed by atoms with Crippen LogP contribution in [-0.4, -0.2) is 37.2 Å². The van der Waals surface area contributed by atoms with E-state index in [-0.39, 0.29) is 31.6 Å². The summed E-state index contributed by atoms with van der Waals surface area (Å²) in [5, 5.41) is 0. The molecule has 446 valence electrons. The molecule has 0 bridgehead atoms. The highest BCUT2D eigenvalue weighted by Crippen LogP contribution is 2.16. The molecule has 6 nitrogen and oxygen atoms in total. The third kappa shape index (κ3) is 62.9. The lowest BCUT2D eigenvalue weighted by molar-refractivity contribution is -0.166. The van der Waals surface area contributed by atoms with E-state index in [1.165, 1.54) is 167 Å². The number of hydrogen-bond acceptors (Lipinski definition) is 6. The maximum atomic E-state index is 12.9. The highest BCUT2D eigenvalue weighted by molar-refractivity contribution is 5.71. The topological polar surface area (TPSA) is 78.9 Å². The van der Waals surface area contributed by atoms with Crippen LogP contribution in [0.5, 0.6) is 0 Å². The first-order chi connectivity index (χ1) is 38.5. The van der Waals surface area contributed by atoms with Gasteiger partial charge in [0.1, 0.15) is 13.2 Å². The molecule has 0 amide bonds. The lowest BCUT2D eigenvalue weighted by Crippen LogP contribution is -2.30. The minimum absolute atomic E-state index is 0.110. The molecule has 0 aliphatic rings. The van der Waals surface area contributed by atoms with Gasteiger partial charge in [0.2, 0.25) is 0 Å². The molecule has 6 heteroatoms. The Hall–Kier alpha value is -3.93. The van der Waals surface area contributed by atoms with Gasteiger partial charge in [-0.2, -0.15) is 0 Å². The summed E-state index contributed by atoms with van der Waals surface area (Å²) in [4.78, 5) is 38.3. The fourth-order valence-corrected chi connectivity index (χ4v) is 9.08. The second-order valence-corrected chi connectivity index (χ2v) is 21.6. The first-order valence-corrected chi connectivity index (χ1v) is 32.9. The smallest absolute Gasteiger partial charge is 0.306 e. The van der Waals surface area contributed by atoms with Crippen molar-refractivity contribution >= 4 is 17.9 Å². The van der Waals surface area contributed by atoms with E-state index in [0.29, 0.717) is 19.3 Å². The number of rotatable bonds is 59. The second-order valence-electron chi connectivity index (χ2n) is 21.6. The van der Waals surface area contributed by atoms with E-state index in [9.17, 15) is 14.4 Å². The van der Waals surface area contributed by atoms with Gasteiger partial charge in [-0.3, -0.25) is 14.4 Å². The fourth-order valence-electron chi connectivity index (χ4n) is 9.08. The number of hydrogen-bond donors (Lipinski definition) is 0. The molecule has 0 saturated heterocycles. The van der Waals surface area contributed by atoms with Crippen LogP contribution in [0.25, 0.3) is 0 Å². The molecule has 1 unspecified atom stereocenters. The molecule has 0 aliphatic carbocycles. The summed E-state index contributed by atoms with van der Waals surface area (Å²) in [5.74, 6) is -0.997. The number of carbonyl (C=O) groups excluding carboxylic acids is 3. The summed E-state index contributed by atoms with van der Waals surface area (Å²) in [6, 6.07) is 0. The quantitative estimate of drug-likeness (QED) is 0.0261. The van der Waals surface area contributed by atoms with E-state index in [1.807, 2.05) is 6.08 Å². The third-order valence-electron chi connectivity index (χ3n) is 14.0. The van der Waals surface area contributed by atoms with Crippen LogP contribution in [0.1, 0.15) is 310 Å². The van der Waals surface area contributed by atoms with Gasteiger partial charge < -0.3 is 14.2 Å². The maximum absolute atomic E-state index is 12.9. The van der Waals surface area contributed by atoms with Crippen molar-refractivity contribution in [2.45, 2.75) is 316 Å². The van der Waals surface area contributed by atoms with E-state index < -0.39 is 12.1 Å². The minimum atomic E-state index is -0.824. The van der Waals surface area contributed by atoms with Crippen molar-refractivity contribution in [3.05, 3.63) is 109 Å². The van der Waals surface area contributed by atoms with E-state index in [0.717, 1.165) is 96.3 Å². The average molecular weight is 1080 g/mol. The van der Waals surface area contributed by atoms with Crippen LogP contribution >= 0.6 is 0 Å². The number of ether oxygens (including phenoxy) is 3. The molecule has 0 radical (unpaired) electrons. The number of carbonyl (C=O) groups is 3. The zero-order chi connectivity index (χ0) is 56.4. The summed E-state index contributed by atoms with van der Waals surface area (Å²) in [7, 11) is 0. The zero-order valence-electron chi connectivity index (χ0n) is 51.2.